The SMILES string of the molecule is CCOc1ccc(NC(=O)N2CCC(c3nc(C(=O)N4CCOCC4)c(C)o3)CC2)cc1. The molecular formula is C23H30N4O5. The Kier molecular flexibility index (Phi) is 6.94. The van der Waals surface area contributed by atoms with Crippen molar-refractivity contribution in [1.82, 2.24) is 14.8 Å². The minimum Gasteiger partial charge on any atom is -0.494 e. The van der Waals surface area contributed by atoms with Crippen molar-refractivity contribution in [3.8, 4) is 5.75 Å². The van der Waals surface area contributed by atoms with Gasteiger partial charge in [0.15, 0.2) is 11.6 Å². The molecule has 0 bridgehead atoms. The Balaban J connectivity index is 1.31. The maximum Gasteiger partial charge on any atom is 0.321 e. The summed E-state index contributed by atoms with van der Waals surface area (Å²) >= 11 is 0. The first kappa shape index (κ1) is 22.1. The van der Waals surface area contributed by atoms with Crippen molar-refractivity contribution in [2.45, 2.75) is 32.6 Å². The number of hydrogen-bond donors (Lipinski definition) is 1. The zero-order valence-electron chi connectivity index (χ0n) is 18.6. The molecule has 0 saturated carbocycles. The summed E-state index contributed by atoms with van der Waals surface area (Å²) in [6, 6.07) is 7.22. The summed E-state index contributed by atoms with van der Waals surface area (Å²) in [4.78, 5) is 33.5. The van der Waals surface area contributed by atoms with Crippen LogP contribution in [0, 0.1) is 6.92 Å². The average Bonchev–Trinajstić information content (AvgIpc) is 3.22. The van der Waals surface area contributed by atoms with E-state index in [1.54, 1.807) is 16.7 Å². The molecule has 2 aliphatic rings. The third kappa shape index (κ3) is 5.04. The van der Waals surface area contributed by atoms with Crippen LogP contribution in [0.1, 0.15) is 47.8 Å². The molecular weight excluding hydrogens is 412 g/mol. The van der Waals surface area contributed by atoms with Gasteiger partial charge in [-0.2, -0.15) is 0 Å². The number of nitrogens with zero attached hydrogens (tertiary/aromatic N) is 3. The first-order valence-corrected chi connectivity index (χ1v) is 11.2. The number of likely N-dealkylation sites (tertiary alicyclic amines) is 1. The molecule has 9 heteroatoms. The number of benzene rings is 1. The maximum absolute atomic E-state index is 12.8. The first-order valence-electron chi connectivity index (χ1n) is 11.2. The van der Waals surface area contributed by atoms with E-state index in [4.69, 9.17) is 13.9 Å². The lowest BCUT2D eigenvalue weighted by Gasteiger charge is -2.30. The number of nitrogens with one attached hydrogen (secondary N) is 1. The van der Waals surface area contributed by atoms with Crippen LogP contribution in [-0.4, -0.2) is 72.7 Å². The van der Waals surface area contributed by atoms with Crippen LogP contribution in [0.3, 0.4) is 0 Å². The van der Waals surface area contributed by atoms with Crippen LogP contribution in [0.25, 0.3) is 0 Å². The number of hydrogen-bond acceptors (Lipinski definition) is 6. The molecule has 1 aromatic carbocycles. The molecule has 2 aliphatic heterocycles. The summed E-state index contributed by atoms with van der Waals surface area (Å²) < 4.78 is 16.6. The van der Waals surface area contributed by atoms with Crippen molar-refractivity contribution in [3.05, 3.63) is 41.6 Å². The predicted octanol–water partition coefficient (Wildman–Crippen LogP) is 3.27. The Bertz CT molecular complexity index is 928. The minimum absolute atomic E-state index is 0.0921. The number of rotatable bonds is 5. The van der Waals surface area contributed by atoms with E-state index < -0.39 is 0 Å². The van der Waals surface area contributed by atoms with E-state index in [0.717, 1.165) is 24.3 Å². The number of morpholine rings is 1. The number of anilines is 1. The molecule has 0 radical (unpaired) electrons. The molecule has 2 saturated heterocycles. The van der Waals surface area contributed by atoms with E-state index in [0.29, 0.717) is 63.3 Å². The Labute approximate surface area is 187 Å². The van der Waals surface area contributed by atoms with Crippen molar-refractivity contribution in [2.24, 2.45) is 0 Å². The standard InChI is InChI=1S/C23H30N4O5/c1-3-31-19-6-4-18(5-7-19)24-23(29)27-10-8-17(9-11-27)21-25-20(16(2)32-21)22(28)26-12-14-30-15-13-26/h4-7,17H,3,8-15H2,1-2H3,(H,24,29). The van der Waals surface area contributed by atoms with E-state index in [1.165, 1.54) is 0 Å². The zero-order valence-corrected chi connectivity index (χ0v) is 18.6. The van der Waals surface area contributed by atoms with Crippen LogP contribution in [-0.2, 0) is 4.74 Å². The molecule has 32 heavy (non-hydrogen) atoms. The van der Waals surface area contributed by atoms with Gasteiger partial charge in [-0.1, -0.05) is 0 Å². The van der Waals surface area contributed by atoms with Gasteiger partial charge in [-0.05, 0) is 51.0 Å². The minimum atomic E-state index is -0.126. The van der Waals surface area contributed by atoms with Crippen molar-refractivity contribution >= 4 is 17.6 Å². The lowest BCUT2D eigenvalue weighted by atomic mass is 9.97. The van der Waals surface area contributed by atoms with Crippen LogP contribution in [0.5, 0.6) is 5.75 Å². The molecule has 2 fully saturated rings. The van der Waals surface area contributed by atoms with Crippen molar-refractivity contribution < 1.29 is 23.5 Å². The molecule has 4 rings (SSSR count). The largest absolute Gasteiger partial charge is 0.494 e. The number of aryl methyl sites for hydroxylation is 1. The monoisotopic (exact) mass is 442 g/mol. The Hall–Kier alpha value is -3.07. The molecule has 2 aromatic rings. The van der Waals surface area contributed by atoms with E-state index in [9.17, 15) is 9.59 Å². The second kappa shape index (κ2) is 10.0. The number of aromatic nitrogens is 1. The van der Waals surface area contributed by atoms with Crippen LogP contribution in [0.2, 0.25) is 0 Å². The quantitative estimate of drug-likeness (QED) is 0.763. The third-order valence-electron chi connectivity index (χ3n) is 5.86. The molecule has 0 spiro atoms. The highest BCUT2D eigenvalue weighted by Gasteiger charge is 2.30. The van der Waals surface area contributed by atoms with Crippen molar-refractivity contribution in [3.63, 3.8) is 0 Å². The smallest absolute Gasteiger partial charge is 0.321 e. The Morgan fingerprint density at radius 2 is 1.78 bits per heavy atom. The highest BCUT2D eigenvalue weighted by atomic mass is 16.5. The summed E-state index contributed by atoms with van der Waals surface area (Å²) in [5.74, 6) is 1.90. The van der Waals surface area contributed by atoms with Gasteiger partial charge in [0.1, 0.15) is 11.5 Å². The van der Waals surface area contributed by atoms with Gasteiger partial charge in [0, 0.05) is 37.8 Å². The van der Waals surface area contributed by atoms with Crippen molar-refractivity contribution in [1.29, 1.82) is 0 Å². The second-order valence-electron chi connectivity index (χ2n) is 8.01. The highest BCUT2D eigenvalue weighted by Crippen LogP contribution is 2.29. The fourth-order valence-electron chi connectivity index (χ4n) is 4.04. The van der Waals surface area contributed by atoms with Gasteiger partial charge in [-0.25, -0.2) is 9.78 Å². The lowest BCUT2D eigenvalue weighted by molar-refractivity contribution is 0.0298. The number of piperidine rings is 1. The number of carbonyl (C=O) groups excluding carboxylic acids is 2. The van der Waals surface area contributed by atoms with E-state index in [-0.39, 0.29) is 17.9 Å². The van der Waals surface area contributed by atoms with Crippen LogP contribution in [0.4, 0.5) is 10.5 Å². The van der Waals surface area contributed by atoms with Crippen LogP contribution < -0.4 is 10.1 Å². The molecule has 0 atom stereocenters. The Morgan fingerprint density at radius 1 is 1.09 bits per heavy atom. The molecule has 3 amide bonds. The number of urea groups is 1. The van der Waals surface area contributed by atoms with Gasteiger partial charge >= 0.3 is 6.03 Å². The van der Waals surface area contributed by atoms with Crippen molar-refractivity contribution in [2.75, 3.05) is 51.3 Å². The number of ether oxygens (including phenoxy) is 2. The van der Waals surface area contributed by atoms with E-state index >= 15 is 0 Å². The van der Waals surface area contributed by atoms with Crippen LogP contribution >= 0.6 is 0 Å². The van der Waals surface area contributed by atoms with Gasteiger partial charge in [0.05, 0.1) is 19.8 Å². The Morgan fingerprint density at radius 3 is 2.44 bits per heavy atom. The molecule has 3 heterocycles. The zero-order chi connectivity index (χ0) is 22.5. The maximum atomic E-state index is 12.8. The fraction of sp³-hybridized carbons (Fsp3) is 0.522. The van der Waals surface area contributed by atoms with Gasteiger partial charge < -0.3 is 29.0 Å². The topological polar surface area (TPSA) is 97.1 Å². The van der Waals surface area contributed by atoms with Gasteiger partial charge in [-0.3, -0.25) is 4.79 Å². The normalized spacial score (nSPS) is 17.3. The number of carbonyl (C=O) groups is 2. The molecule has 172 valence electrons. The summed E-state index contributed by atoms with van der Waals surface area (Å²) in [7, 11) is 0. The fourth-order valence-corrected chi connectivity index (χ4v) is 4.04. The van der Waals surface area contributed by atoms with Gasteiger partial charge in [-0.15, -0.1) is 0 Å². The lowest BCUT2D eigenvalue weighted by Crippen LogP contribution is -2.41. The molecule has 0 unspecified atom stereocenters. The summed E-state index contributed by atoms with van der Waals surface area (Å²) in [6.45, 7) is 7.76. The van der Waals surface area contributed by atoms with Crippen LogP contribution in [0.15, 0.2) is 28.7 Å². The highest BCUT2D eigenvalue weighted by molar-refractivity contribution is 5.93. The van der Waals surface area contributed by atoms with Gasteiger partial charge in [0.25, 0.3) is 5.91 Å². The number of oxazole rings is 1. The second-order valence-corrected chi connectivity index (χ2v) is 8.01. The number of amides is 3. The summed E-state index contributed by atoms with van der Waals surface area (Å²) in [6.07, 6.45) is 1.48. The van der Waals surface area contributed by atoms with Gasteiger partial charge in [0.2, 0.25) is 0 Å². The summed E-state index contributed by atoms with van der Waals surface area (Å²) in [5, 5.41) is 2.93. The average molecular weight is 443 g/mol. The molecule has 1 N–H and O–H groups in total. The molecule has 0 aliphatic carbocycles. The predicted molar refractivity (Wildman–Crippen MR) is 118 cm³/mol. The molecule has 1 aromatic heterocycles. The summed E-state index contributed by atoms with van der Waals surface area (Å²) in [5.41, 5.74) is 1.12. The van der Waals surface area contributed by atoms with E-state index in [1.807, 2.05) is 31.2 Å². The van der Waals surface area contributed by atoms with E-state index in [2.05, 4.69) is 10.3 Å². The first-order chi connectivity index (χ1) is 15.5. The molecule has 9 nitrogen and oxygen atoms in total. The third-order valence-corrected chi connectivity index (χ3v) is 5.86.